The standard InChI is InChI=1S/C11H19NO4S/c13-11(14)10(6-12-9-2-1-3-9)8-4-5-17(15,16)7-8/h8-10,12H,1-7H2,(H,13,14). The Hall–Kier alpha value is -0.620. The molecule has 0 spiro atoms. The number of hydrogen-bond donors (Lipinski definition) is 2. The molecule has 6 heteroatoms. The molecule has 2 N–H and O–H groups in total. The van der Waals surface area contributed by atoms with Crippen LogP contribution < -0.4 is 5.32 Å². The first-order valence-corrected chi connectivity index (χ1v) is 7.97. The predicted molar refractivity (Wildman–Crippen MR) is 63.5 cm³/mol. The number of hydrogen-bond acceptors (Lipinski definition) is 4. The molecule has 1 saturated carbocycles. The van der Waals surface area contributed by atoms with Gasteiger partial charge < -0.3 is 10.4 Å². The molecule has 2 rings (SSSR count). The van der Waals surface area contributed by atoms with E-state index in [1.165, 1.54) is 6.42 Å². The van der Waals surface area contributed by atoms with Gasteiger partial charge in [0.05, 0.1) is 17.4 Å². The van der Waals surface area contributed by atoms with E-state index in [9.17, 15) is 18.3 Å². The third-order valence-electron chi connectivity index (χ3n) is 3.89. The lowest BCUT2D eigenvalue weighted by Crippen LogP contribution is -2.42. The fraction of sp³-hybridized carbons (Fsp3) is 0.909. The van der Waals surface area contributed by atoms with Gasteiger partial charge in [0.25, 0.3) is 0 Å². The van der Waals surface area contributed by atoms with E-state index in [4.69, 9.17) is 0 Å². The zero-order chi connectivity index (χ0) is 12.5. The van der Waals surface area contributed by atoms with Crippen molar-refractivity contribution in [2.24, 2.45) is 11.8 Å². The van der Waals surface area contributed by atoms with E-state index in [2.05, 4.69) is 5.32 Å². The summed E-state index contributed by atoms with van der Waals surface area (Å²) >= 11 is 0. The molecular weight excluding hydrogens is 242 g/mol. The van der Waals surface area contributed by atoms with Gasteiger partial charge in [-0.05, 0) is 25.2 Å². The van der Waals surface area contributed by atoms with Crippen molar-refractivity contribution in [3.8, 4) is 0 Å². The molecule has 0 aromatic heterocycles. The van der Waals surface area contributed by atoms with Crippen molar-refractivity contribution in [2.75, 3.05) is 18.1 Å². The molecule has 98 valence electrons. The third kappa shape index (κ3) is 3.19. The topological polar surface area (TPSA) is 83.5 Å². The lowest BCUT2D eigenvalue weighted by molar-refractivity contribution is -0.143. The molecule has 1 heterocycles. The van der Waals surface area contributed by atoms with E-state index in [1.807, 2.05) is 0 Å². The molecule has 0 aromatic carbocycles. The monoisotopic (exact) mass is 261 g/mol. The number of carbonyl (C=O) groups is 1. The number of carboxylic acids is 1. The fourth-order valence-corrected chi connectivity index (χ4v) is 4.38. The first-order chi connectivity index (χ1) is 7.98. The van der Waals surface area contributed by atoms with Crippen LogP contribution >= 0.6 is 0 Å². The summed E-state index contributed by atoms with van der Waals surface area (Å²) in [5.74, 6) is -1.47. The van der Waals surface area contributed by atoms with E-state index in [0.717, 1.165) is 12.8 Å². The number of carboxylic acid groups (broad SMARTS) is 1. The highest BCUT2D eigenvalue weighted by Crippen LogP contribution is 2.27. The van der Waals surface area contributed by atoms with Gasteiger partial charge in [0, 0.05) is 12.6 Å². The number of rotatable bonds is 5. The van der Waals surface area contributed by atoms with Crippen LogP contribution in [0.1, 0.15) is 25.7 Å². The molecule has 0 radical (unpaired) electrons. The van der Waals surface area contributed by atoms with Crippen molar-refractivity contribution in [1.82, 2.24) is 5.32 Å². The normalized spacial score (nSPS) is 29.8. The second-order valence-corrected chi connectivity index (χ2v) is 7.37. The lowest BCUT2D eigenvalue weighted by atomic mass is 9.89. The van der Waals surface area contributed by atoms with Crippen LogP contribution in [-0.4, -0.2) is 43.6 Å². The van der Waals surface area contributed by atoms with Crippen LogP contribution in [0.4, 0.5) is 0 Å². The van der Waals surface area contributed by atoms with E-state index >= 15 is 0 Å². The molecule has 2 atom stereocenters. The molecule has 5 nitrogen and oxygen atoms in total. The van der Waals surface area contributed by atoms with E-state index in [1.54, 1.807) is 0 Å². The summed E-state index contributed by atoms with van der Waals surface area (Å²) in [7, 11) is -3.00. The van der Waals surface area contributed by atoms with Gasteiger partial charge in [-0.25, -0.2) is 8.42 Å². The van der Waals surface area contributed by atoms with E-state index in [-0.39, 0.29) is 17.4 Å². The largest absolute Gasteiger partial charge is 0.481 e. The van der Waals surface area contributed by atoms with Crippen LogP contribution in [0.25, 0.3) is 0 Å². The molecule has 17 heavy (non-hydrogen) atoms. The summed E-state index contributed by atoms with van der Waals surface area (Å²) in [6, 6.07) is 0.440. The molecule has 0 bridgehead atoms. The molecular formula is C11H19NO4S. The molecule has 0 amide bonds. The van der Waals surface area contributed by atoms with Crippen LogP contribution in [0.5, 0.6) is 0 Å². The Balaban J connectivity index is 1.90. The van der Waals surface area contributed by atoms with Crippen LogP contribution in [0.3, 0.4) is 0 Å². The molecule has 2 aliphatic rings. The van der Waals surface area contributed by atoms with Gasteiger partial charge in [0.1, 0.15) is 0 Å². The van der Waals surface area contributed by atoms with Crippen molar-refractivity contribution in [3.63, 3.8) is 0 Å². The van der Waals surface area contributed by atoms with Crippen LogP contribution in [0, 0.1) is 11.8 Å². The Kier molecular flexibility index (Phi) is 3.73. The number of nitrogens with one attached hydrogen (secondary N) is 1. The Morgan fingerprint density at radius 1 is 1.35 bits per heavy atom. The Labute approximate surface area is 102 Å². The van der Waals surface area contributed by atoms with E-state index in [0.29, 0.717) is 19.0 Å². The highest BCUT2D eigenvalue weighted by molar-refractivity contribution is 7.91. The summed E-state index contributed by atoms with van der Waals surface area (Å²) in [5, 5.41) is 12.4. The zero-order valence-electron chi connectivity index (χ0n) is 9.76. The van der Waals surface area contributed by atoms with Crippen molar-refractivity contribution in [3.05, 3.63) is 0 Å². The fourth-order valence-electron chi connectivity index (χ4n) is 2.50. The predicted octanol–water partition coefficient (Wildman–Crippen LogP) is 0.264. The second kappa shape index (κ2) is 4.94. The summed E-state index contributed by atoms with van der Waals surface area (Å²) < 4.78 is 22.7. The minimum absolute atomic E-state index is 0.0380. The summed E-state index contributed by atoms with van der Waals surface area (Å²) in [6.45, 7) is 0.403. The third-order valence-corrected chi connectivity index (χ3v) is 5.68. The Morgan fingerprint density at radius 2 is 2.06 bits per heavy atom. The van der Waals surface area contributed by atoms with Crippen LogP contribution in [0.2, 0.25) is 0 Å². The Bertz CT molecular complexity index is 388. The van der Waals surface area contributed by atoms with Gasteiger partial charge >= 0.3 is 5.97 Å². The molecule has 2 fully saturated rings. The maximum atomic E-state index is 11.4. The van der Waals surface area contributed by atoms with Gasteiger partial charge in [0.2, 0.25) is 0 Å². The van der Waals surface area contributed by atoms with Crippen molar-refractivity contribution in [1.29, 1.82) is 0 Å². The van der Waals surface area contributed by atoms with Gasteiger partial charge in [-0.2, -0.15) is 0 Å². The van der Waals surface area contributed by atoms with Crippen molar-refractivity contribution >= 4 is 15.8 Å². The van der Waals surface area contributed by atoms with Gasteiger partial charge in [-0.3, -0.25) is 4.79 Å². The first kappa shape index (κ1) is 12.8. The van der Waals surface area contributed by atoms with E-state index < -0.39 is 21.7 Å². The first-order valence-electron chi connectivity index (χ1n) is 6.14. The minimum Gasteiger partial charge on any atom is -0.481 e. The smallest absolute Gasteiger partial charge is 0.308 e. The molecule has 0 aromatic rings. The SMILES string of the molecule is O=C(O)C(CNC1CCC1)C1CCS(=O)(=O)C1. The second-order valence-electron chi connectivity index (χ2n) is 5.14. The molecule has 1 saturated heterocycles. The maximum Gasteiger partial charge on any atom is 0.308 e. The minimum atomic E-state index is -3.00. The highest BCUT2D eigenvalue weighted by Gasteiger charge is 2.37. The Morgan fingerprint density at radius 3 is 2.47 bits per heavy atom. The van der Waals surface area contributed by atoms with Crippen molar-refractivity contribution < 1.29 is 18.3 Å². The summed E-state index contributed by atoms with van der Waals surface area (Å²) in [4.78, 5) is 11.2. The molecule has 1 aliphatic heterocycles. The molecule has 2 unspecified atom stereocenters. The van der Waals surface area contributed by atoms with Crippen LogP contribution in [-0.2, 0) is 14.6 Å². The van der Waals surface area contributed by atoms with Gasteiger partial charge in [-0.1, -0.05) is 6.42 Å². The van der Waals surface area contributed by atoms with Gasteiger partial charge in [-0.15, -0.1) is 0 Å². The van der Waals surface area contributed by atoms with Crippen LogP contribution in [0.15, 0.2) is 0 Å². The van der Waals surface area contributed by atoms with Crippen molar-refractivity contribution in [2.45, 2.75) is 31.7 Å². The molecule has 1 aliphatic carbocycles. The number of sulfone groups is 1. The highest BCUT2D eigenvalue weighted by atomic mass is 32.2. The van der Waals surface area contributed by atoms with Gasteiger partial charge in [0.15, 0.2) is 9.84 Å². The quantitative estimate of drug-likeness (QED) is 0.742. The zero-order valence-corrected chi connectivity index (χ0v) is 10.6. The average molecular weight is 261 g/mol. The maximum absolute atomic E-state index is 11.4. The number of aliphatic carboxylic acids is 1. The average Bonchev–Trinajstić information content (AvgIpc) is 2.49. The summed E-state index contributed by atoms with van der Waals surface area (Å²) in [5.41, 5.74) is 0. The summed E-state index contributed by atoms with van der Waals surface area (Å²) in [6.07, 6.45) is 3.91. The lowest BCUT2D eigenvalue weighted by Gasteiger charge is -2.29.